The highest BCUT2D eigenvalue weighted by Crippen LogP contribution is 2.29. The summed E-state index contributed by atoms with van der Waals surface area (Å²) in [7, 11) is 1.65. The first kappa shape index (κ1) is 29.7. The van der Waals surface area contributed by atoms with E-state index in [0.717, 1.165) is 64.5 Å². The lowest BCUT2D eigenvalue weighted by molar-refractivity contribution is -0.136. The highest BCUT2D eigenvalue weighted by atomic mass is 16.5. The van der Waals surface area contributed by atoms with Gasteiger partial charge in [0.15, 0.2) is 5.88 Å². The molecule has 3 aromatic carbocycles. The third-order valence-electron chi connectivity index (χ3n) is 6.79. The van der Waals surface area contributed by atoms with E-state index in [0.29, 0.717) is 38.5 Å². The van der Waals surface area contributed by atoms with E-state index in [1.807, 2.05) is 72.8 Å². The van der Waals surface area contributed by atoms with Crippen molar-refractivity contribution < 1.29 is 28.8 Å². The number of hydrogen-bond donors (Lipinski definition) is 2. The number of nitrogens with one attached hydrogen (secondary N) is 1. The molecule has 7 heteroatoms. The van der Waals surface area contributed by atoms with Crippen molar-refractivity contribution in [3.8, 4) is 28.6 Å². The first-order valence-corrected chi connectivity index (χ1v) is 14.1. The van der Waals surface area contributed by atoms with Crippen LogP contribution in [0.3, 0.4) is 0 Å². The van der Waals surface area contributed by atoms with Crippen molar-refractivity contribution in [1.29, 1.82) is 0 Å². The minimum atomic E-state index is -0.822. The maximum Gasteiger partial charge on any atom is 0.303 e. The van der Waals surface area contributed by atoms with Crippen LogP contribution in [-0.4, -0.2) is 36.4 Å². The summed E-state index contributed by atoms with van der Waals surface area (Å²) in [5.74, 6) is 1.48. The number of carboxylic acids is 1. The number of rotatable bonds is 17. The molecule has 2 N–H and O–H groups in total. The molecule has 0 saturated heterocycles. The van der Waals surface area contributed by atoms with Gasteiger partial charge in [-0.2, -0.15) is 0 Å². The van der Waals surface area contributed by atoms with Crippen LogP contribution in [0.1, 0.15) is 48.4 Å². The predicted octanol–water partition coefficient (Wildman–Crippen LogP) is 7.22. The van der Waals surface area contributed by atoms with Gasteiger partial charge >= 0.3 is 5.97 Å². The van der Waals surface area contributed by atoms with Crippen LogP contribution in [0.4, 0.5) is 0 Å². The predicted molar refractivity (Wildman–Crippen MR) is 160 cm³/mol. The molecule has 41 heavy (non-hydrogen) atoms. The molecule has 0 unspecified atom stereocenters. The molecular formula is C34H39NO6. The fourth-order valence-electron chi connectivity index (χ4n) is 4.51. The Morgan fingerprint density at radius 3 is 2.29 bits per heavy atom. The Hall–Kier alpha value is -4.23. The van der Waals surface area contributed by atoms with Crippen LogP contribution in [0.2, 0.25) is 0 Å². The zero-order chi connectivity index (χ0) is 28.9. The molecule has 0 bridgehead atoms. The van der Waals surface area contributed by atoms with Gasteiger partial charge in [-0.25, -0.2) is 0 Å². The average molecular weight is 558 g/mol. The van der Waals surface area contributed by atoms with E-state index in [9.17, 15) is 4.79 Å². The number of aliphatic carboxylic acids is 1. The number of aromatic nitrogens is 1. The van der Waals surface area contributed by atoms with Gasteiger partial charge in [0.05, 0.1) is 33.5 Å². The van der Waals surface area contributed by atoms with E-state index < -0.39 is 5.97 Å². The van der Waals surface area contributed by atoms with Gasteiger partial charge in [-0.15, -0.1) is 0 Å². The molecule has 0 amide bonds. The summed E-state index contributed by atoms with van der Waals surface area (Å²) >= 11 is 0. The number of aryl methyl sites for hydroxylation is 1. The number of carbonyl (C=O) groups is 1. The number of aromatic amines is 1. The van der Waals surface area contributed by atoms with Crippen molar-refractivity contribution in [3.63, 3.8) is 0 Å². The van der Waals surface area contributed by atoms with Gasteiger partial charge in [0, 0.05) is 24.1 Å². The molecule has 0 spiro atoms. The molecule has 216 valence electrons. The third kappa shape index (κ3) is 9.15. The van der Waals surface area contributed by atoms with Crippen LogP contribution in [0.15, 0.2) is 78.9 Å². The molecule has 1 heterocycles. The van der Waals surface area contributed by atoms with Gasteiger partial charge < -0.3 is 29.0 Å². The minimum Gasteiger partial charge on any atom is -0.494 e. The lowest BCUT2D eigenvalue weighted by Gasteiger charge is -2.13. The number of ether oxygens (including phenoxy) is 4. The number of unbranched alkanes of at least 4 members (excludes halogenated alkanes) is 1. The average Bonchev–Trinajstić information content (AvgIpc) is 3.41. The fraction of sp³-hybridized carbons (Fsp3) is 0.324. The molecule has 0 aliphatic rings. The Morgan fingerprint density at radius 1 is 0.805 bits per heavy atom. The van der Waals surface area contributed by atoms with Crippen LogP contribution < -0.4 is 14.2 Å². The van der Waals surface area contributed by atoms with Gasteiger partial charge in [0.1, 0.15) is 11.5 Å². The highest BCUT2D eigenvalue weighted by molar-refractivity contribution is 5.67. The van der Waals surface area contributed by atoms with Crippen LogP contribution in [0.5, 0.6) is 17.4 Å². The standard InChI is InChI=1S/C34H39NO6/c1-3-4-19-40-30-14-11-27(12-15-30)32-22-28(34(35-32)38-2)18-20-41-31-16-10-26(13-17-33(36)37)29(21-31)24-39-23-25-8-6-5-7-9-25/h5-12,14-16,21-22,35H,3-4,13,17-20,23-24H2,1-2H3,(H,36,37). The zero-order valence-corrected chi connectivity index (χ0v) is 23.9. The third-order valence-corrected chi connectivity index (χ3v) is 6.79. The van der Waals surface area contributed by atoms with Crippen molar-refractivity contribution in [2.45, 2.75) is 52.2 Å². The Bertz CT molecular complexity index is 1360. The Balaban J connectivity index is 1.37. The summed E-state index contributed by atoms with van der Waals surface area (Å²) in [5.41, 5.74) is 6.01. The van der Waals surface area contributed by atoms with Crippen LogP contribution >= 0.6 is 0 Å². The molecule has 0 aliphatic carbocycles. The van der Waals surface area contributed by atoms with Gasteiger partial charge in [0.2, 0.25) is 0 Å². The number of H-pyrrole nitrogens is 1. The Kier molecular flexibility index (Phi) is 11.3. The number of methoxy groups -OCH3 is 1. The van der Waals surface area contributed by atoms with Crippen molar-refractivity contribution in [1.82, 2.24) is 4.98 Å². The number of carboxylic acid groups (broad SMARTS) is 1. The molecule has 0 fully saturated rings. The Labute approximate surface area is 242 Å². The molecule has 1 aromatic heterocycles. The van der Waals surface area contributed by atoms with Crippen LogP contribution in [-0.2, 0) is 35.6 Å². The molecule has 4 aromatic rings. The molecule has 0 saturated carbocycles. The molecule has 0 atom stereocenters. The second-order valence-corrected chi connectivity index (χ2v) is 9.87. The quantitative estimate of drug-likeness (QED) is 0.133. The summed E-state index contributed by atoms with van der Waals surface area (Å²) in [4.78, 5) is 14.5. The first-order valence-electron chi connectivity index (χ1n) is 14.1. The first-order chi connectivity index (χ1) is 20.1. The summed E-state index contributed by atoms with van der Waals surface area (Å²) in [6.45, 7) is 4.18. The van der Waals surface area contributed by atoms with E-state index in [1.165, 1.54) is 0 Å². The second-order valence-electron chi connectivity index (χ2n) is 9.87. The van der Waals surface area contributed by atoms with E-state index in [1.54, 1.807) is 7.11 Å². The van der Waals surface area contributed by atoms with E-state index in [4.69, 9.17) is 24.1 Å². The Morgan fingerprint density at radius 2 is 1.56 bits per heavy atom. The van der Waals surface area contributed by atoms with Crippen LogP contribution in [0, 0.1) is 0 Å². The summed E-state index contributed by atoms with van der Waals surface area (Å²) in [6, 6.07) is 25.9. The van der Waals surface area contributed by atoms with E-state index in [-0.39, 0.29) is 6.42 Å². The topological polar surface area (TPSA) is 90.0 Å². The van der Waals surface area contributed by atoms with Crippen LogP contribution in [0.25, 0.3) is 11.3 Å². The van der Waals surface area contributed by atoms with Crippen molar-refractivity contribution in [3.05, 3.63) is 101 Å². The maximum absolute atomic E-state index is 11.2. The maximum atomic E-state index is 11.2. The number of hydrogen-bond acceptors (Lipinski definition) is 5. The monoisotopic (exact) mass is 557 g/mol. The molecule has 0 aliphatic heterocycles. The summed E-state index contributed by atoms with van der Waals surface area (Å²) in [5, 5.41) is 9.16. The highest BCUT2D eigenvalue weighted by Gasteiger charge is 2.12. The van der Waals surface area contributed by atoms with Crippen molar-refractivity contribution in [2.24, 2.45) is 0 Å². The lowest BCUT2D eigenvalue weighted by atomic mass is 10.0. The molecule has 4 rings (SSSR count). The van der Waals surface area contributed by atoms with E-state index >= 15 is 0 Å². The smallest absolute Gasteiger partial charge is 0.303 e. The minimum absolute atomic E-state index is 0.0656. The number of benzene rings is 3. The van der Waals surface area contributed by atoms with Gasteiger partial charge in [-0.05, 0) is 77.6 Å². The van der Waals surface area contributed by atoms with Crippen molar-refractivity contribution >= 4 is 5.97 Å². The zero-order valence-electron chi connectivity index (χ0n) is 23.9. The summed E-state index contributed by atoms with van der Waals surface area (Å²) in [6.07, 6.45) is 3.30. The second kappa shape index (κ2) is 15.5. The SMILES string of the molecule is CCCCOc1ccc(-c2cc(CCOc3ccc(CCC(=O)O)c(COCc4ccccc4)c3)c(OC)[nH]2)cc1. The van der Waals surface area contributed by atoms with Gasteiger partial charge in [-0.1, -0.05) is 49.7 Å². The van der Waals surface area contributed by atoms with Crippen molar-refractivity contribution in [2.75, 3.05) is 20.3 Å². The lowest BCUT2D eigenvalue weighted by Crippen LogP contribution is -2.05. The summed E-state index contributed by atoms with van der Waals surface area (Å²) < 4.78 is 23.5. The molecular weight excluding hydrogens is 518 g/mol. The fourth-order valence-corrected chi connectivity index (χ4v) is 4.51. The van der Waals surface area contributed by atoms with E-state index in [2.05, 4.69) is 18.0 Å². The molecule has 7 nitrogen and oxygen atoms in total. The van der Waals surface area contributed by atoms with Gasteiger partial charge in [0.25, 0.3) is 0 Å². The van der Waals surface area contributed by atoms with Gasteiger partial charge in [-0.3, -0.25) is 4.79 Å². The largest absolute Gasteiger partial charge is 0.494 e. The normalized spacial score (nSPS) is 10.9. The molecule has 0 radical (unpaired) electrons.